The highest BCUT2D eigenvalue weighted by Gasteiger charge is 2.19. The lowest BCUT2D eigenvalue weighted by Crippen LogP contribution is -2.36. The predicted octanol–water partition coefficient (Wildman–Crippen LogP) is 4.49. The Kier molecular flexibility index (Phi) is 5.12. The molecule has 0 heterocycles. The monoisotopic (exact) mass is 261 g/mol. The Morgan fingerprint density at radius 2 is 1.74 bits per heavy atom. The second kappa shape index (κ2) is 6.83. The average Bonchev–Trinajstić information content (AvgIpc) is 2.46. The van der Waals surface area contributed by atoms with E-state index in [0.717, 1.165) is 11.7 Å². The number of rotatable bonds is 5. The van der Waals surface area contributed by atoms with E-state index in [-0.39, 0.29) is 0 Å². The van der Waals surface area contributed by atoms with Crippen LogP contribution in [0.15, 0.2) is 24.3 Å². The molecule has 1 fully saturated rings. The third kappa shape index (κ3) is 3.89. The van der Waals surface area contributed by atoms with Crippen LogP contribution in [0, 0.1) is 5.92 Å². The minimum atomic E-state index is 0.551. The summed E-state index contributed by atoms with van der Waals surface area (Å²) in [5.74, 6) is 1.81. The van der Waals surface area contributed by atoms with Crippen molar-refractivity contribution in [3.63, 3.8) is 0 Å². The summed E-state index contributed by atoms with van der Waals surface area (Å²) in [4.78, 5) is 2.54. The van der Waals surface area contributed by atoms with Crippen LogP contribution < -0.4 is 9.64 Å². The molecule has 1 aromatic carbocycles. The second-order valence-corrected chi connectivity index (χ2v) is 5.95. The third-order valence-electron chi connectivity index (χ3n) is 4.21. The smallest absolute Gasteiger partial charge is 0.119 e. The van der Waals surface area contributed by atoms with Crippen molar-refractivity contribution in [2.45, 2.75) is 52.0 Å². The lowest BCUT2D eigenvalue weighted by molar-refractivity contribution is 0.353. The number of nitrogens with zero attached hydrogens (tertiary/aromatic N) is 1. The first kappa shape index (κ1) is 14.2. The van der Waals surface area contributed by atoms with Gasteiger partial charge in [0.05, 0.1) is 7.11 Å². The summed E-state index contributed by atoms with van der Waals surface area (Å²) >= 11 is 0. The van der Waals surface area contributed by atoms with Crippen molar-refractivity contribution in [2.75, 3.05) is 18.6 Å². The number of benzene rings is 1. The van der Waals surface area contributed by atoms with Crippen LogP contribution in [0.3, 0.4) is 0 Å². The molecule has 2 heteroatoms. The molecule has 1 aliphatic rings. The van der Waals surface area contributed by atoms with Crippen LogP contribution in [0.5, 0.6) is 5.75 Å². The van der Waals surface area contributed by atoms with Gasteiger partial charge in [0.1, 0.15) is 5.75 Å². The van der Waals surface area contributed by atoms with Gasteiger partial charge in [-0.05, 0) is 56.9 Å². The van der Waals surface area contributed by atoms with Crippen molar-refractivity contribution < 1.29 is 4.74 Å². The molecule has 0 saturated heterocycles. The van der Waals surface area contributed by atoms with Crippen molar-refractivity contribution in [2.24, 2.45) is 5.92 Å². The van der Waals surface area contributed by atoms with Crippen molar-refractivity contribution >= 4 is 5.69 Å². The van der Waals surface area contributed by atoms with Gasteiger partial charge in [-0.1, -0.05) is 19.3 Å². The highest BCUT2D eigenvalue weighted by Crippen LogP contribution is 2.28. The van der Waals surface area contributed by atoms with Gasteiger partial charge in [0.25, 0.3) is 0 Å². The molecule has 106 valence electrons. The molecule has 0 bridgehead atoms. The van der Waals surface area contributed by atoms with Gasteiger partial charge in [-0.3, -0.25) is 0 Å². The van der Waals surface area contributed by atoms with E-state index in [1.165, 1.54) is 44.3 Å². The van der Waals surface area contributed by atoms with Gasteiger partial charge in [-0.2, -0.15) is 0 Å². The SMILES string of the molecule is COc1ccc(N(CC2CCCCC2)C(C)C)cc1. The van der Waals surface area contributed by atoms with Crippen LogP contribution >= 0.6 is 0 Å². The van der Waals surface area contributed by atoms with Gasteiger partial charge in [0, 0.05) is 18.3 Å². The number of ether oxygens (including phenoxy) is 1. The standard InChI is InChI=1S/C17H27NO/c1-14(2)18(13-15-7-5-4-6-8-15)16-9-11-17(19-3)12-10-16/h9-12,14-15H,4-8,13H2,1-3H3. The van der Waals surface area contributed by atoms with Crippen molar-refractivity contribution in [1.82, 2.24) is 0 Å². The third-order valence-corrected chi connectivity index (χ3v) is 4.21. The molecule has 1 aliphatic carbocycles. The topological polar surface area (TPSA) is 12.5 Å². The van der Waals surface area contributed by atoms with Crippen LogP contribution in [-0.4, -0.2) is 19.7 Å². The van der Waals surface area contributed by atoms with Gasteiger partial charge < -0.3 is 9.64 Å². The van der Waals surface area contributed by atoms with Gasteiger partial charge in [-0.15, -0.1) is 0 Å². The van der Waals surface area contributed by atoms with E-state index in [1.54, 1.807) is 7.11 Å². The van der Waals surface area contributed by atoms with Crippen molar-refractivity contribution in [3.05, 3.63) is 24.3 Å². The number of hydrogen-bond acceptors (Lipinski definition) is 2. The summed E-state index contributed by atoms with van der Waals surface area (Å²) in [6.45, 7) is 5.77. The summed E-state index contributed by atoms with van der Waals surface area (Å²) in [5, 5.41) is 0. The molecular formula is C17H27NO. The second-order valence-electron chi connectivity index (χ2n) is 5.95. The van der Waals surface area contributed by atoms with Crippen LogP contribution in [0.2, 0.25) is 0 Å². The Labute approximate surface area is 117 Å². The number of hydrogen-bond donors (Lipinski definition) is 0. The Morgan fingerprint density at radius 3 is 2.26 bits per heavy atom. The summed E-state index contributed by atoms with van der Waals surface area (Å²) in [5.41, 5.74) is 1.32. The van der Waals surface area contributed by atoms with Gasteiger partial charge in [0.15, 0.2) is 0 Å². The Hall–Kier alpha value is -1.18. The molecule has 0 unspecified atom stereocenters. The summed E-state index contributed by atoms with van der Waals surface area (Å²) in [7, 11) is 1.72. The highest BCUT2D eigenvalue weighted by molar-refractivity contribution is 5.49. The summed E-state index contributed by atoms with van der Waals surface area (Å²) in [6.07, 6.45) is 7.07. The van der Waals surface area contributed by atoms with E-state index in [9.17, 15) is 0 Å². The minimum Gasteiger partial charge on any atom is -0.497 e. The molecule has 1 saturated carbocycles. The van der Waals surface area contributed by atoms with Gasteiger partial charge in [-0.25, -0.2) is 0 Å². The lowest BCUT2D eigenvalue weighted by Gasteiger charge is -2.34. The number of methoxy groups -OCH3 is 1. The highest BCUT2D eigenvalue weighted by atomic mass is 16.5. The summed E-state index contributed by atoms with van der Waals surface area (Å²) < 4.78 is 5.24. The van der Waals surface area contributed by atoms with Crippen molar-refractivity contribution in [3.8, 4) is 5.75 Å². The zero-order valence-electron chi connectivity index (χ0n) is 12.6. The molecule has 0 amide bonds. The first-order valence-electron chi connectivity index (χ1n) is 7.61. The molecule has 0 N–H and O–H groups in total. The van der Waals surface area contributed by atoms with E-state index >= 15 is 0 Å². The maximum absolute atomic E-state index is 5.24. The van der Waals surface area contributed by atoms with Gasteiger partial charge >= 0.3 is 0 Å². The Morgan fingerprint density at radius 1 is 1.11 bits per heavy atom. The normalized spacial score (nSPS) is 16.6. The maximum atomic E-state index is 5.24. The van der Waals surface area contributed by atoms with E-state index in [2.05, 4.69) is 43.0 Å². The zero-order valence-corrected chi connectivity index (χ0v) is 12.6. The lowest BCUT2D eigenvalue weighted by atomic mass is 9.88. The summed E-state index contributed by atoms with van der Waals surface area (Å²) in [6, 6.07) is 9.04. The molecular weight excluding hydrogens is 234 g/mol. The largest absolute Gasteiger partial charge is 0.497 e. The fourth-order valence-electron chi connectivity index (χ4n) is 3.04. The van der Waals surface area contributed by atoms with Crippen LogP contribution in [0.25, 0.3) is 0 Å². The molecule has 1 aromatic rings. The molecule has 0 aliphatic heterocycles. The molecule has 0 spiro atoms. The predicted molar refractivity (Wildman–Crippen MR) is 82.1 cm³/mol. The molecule has 0 atom stereocenters. The maximum Gasteiger partial charge on any atom is 0.119 e. The fraction of sp³-hybridized carbons (Fsp3) is 0.647. The van der Waals surface area contributed by atoms with Crippen LogP contribution in [0.1, 0.15) is 46.0 Å². The van der Waals surface area contributed by atoms with E-state index in [4.69, 9.17) is 4.74 Å². The Balaban J connectivity index is 2.05. The van der Waals surface area contributed by atoms with Gasteiger partial charge in [0.2, 0.25) is 0 Å². The molecule has 2 rings (SSSR count). The van der Waals surface area contributed by atoms with Crippen molar-refractivity contribution in [1.29, 1.82) is 0 Å². The molecule has 0 aromatic heterocycles. The van der Waals surface area contributed by atoms with Crippen LogP contribution in [-0.2, 0) is 0 Å². The fourth-order valence-corrected chi connectivity index (χ4v) is 3.04. The first-order valence-corrected chi connectivity index (χ1v) is 7.61. The average molecular weight is 261 g/mol. The number of anilines is 1. The van der Waals surface area contributed by atoms with E-state index in [1.807, 2.05) is 0 Å². The zero-order chi connectivity index (χ0) is 13.7. The molecule has 19 heavy (non-hydrogen) atoms. The van der Waals surface area contributed by atoms with Crippen LogP contribution in [0.4, 0.5) is 5.69 Å². The quantitative estimate of drug-likeness (QED) is 0.774. The van der Waals surface area contributed by atoms with E-state index in [0.29, 0.717) is 6.04 Å². The van der Waals surface area contributed by atoms with E-state index < -0.39 is 0 Å². The molecule has 2 nitrogen and oxygen atoms in total. The Bertz CT molecular complexity index is 365. The first-order chi connectivity index (χ1) is 9.20. The molecule has 0 radical (unpaired) electrons. The minimum absolute atomic E-state index is 0.551.